The third-order valence-electron chi connectivity index (χ3n) is 4.40. The van der Waals surface area contributed by atoms with Crippen LogP contribution in [-0.2, 0) is 15.7 Å². The maximum absolute atomic E-state index is 12.8. The molecule has 0 saturated heterocycles. The van der Waals surface area contributed by atoms with Crippen molar-refractivity contribution in [1.82, 2.24) is 0 Å². The Hall–Kier alpha value is -3.65. The van der Waals surface area contributed by atoms with E-state index in [4.69, 9.17) is 4.74 Å². The van der Waals surface area contributed by atoms with Gasteiger partial charge in [0.2, 0.25) is 5.91 Å². The number of rotatable bonds is 6. The minimum atomic E-state index is -4.43. The number of anilines is 2. The molecule has 0 aliphatic heterocycles. The van der Waals surface area contributed by atoms with Crippen molar-refractivity contribution in [1.29, 1.82) is 0 Å². The van der Waals surface area contributed by atoms with Gasteiger partial charge in [0.15, 0.2) is 0 Å². The number of hydrogen-bond donors (Lipinski definition) is 2. The highest BCUT2D eigenvalue weighted by molar-refractivity contribution is 6.08. The Morgan fingerprint density at radius 1 is 0.839 bits per heavy atom. The normalized spacial score (nSPS) is 11.1. The summed E-state index contributed by atoms with van der Waals surface area (Å²) < 4.78 is 43.2. The van der Waals surface area contributed by atoms with Crippen molar-refractivity contribution in [2.24, 2.45) is 0 Å². The Morgan fingerprint density at radius 3 is 2.00 bits per heavy atom. The number of carbonyl (C=O) groups is 2. The van der Waals surface area contributed by atoms with Gasteiger partial charge in [-0.15, -0.1) is 0 Å². The van der Waals surface area contributed by atoms with Crippen LogP contribution in [0.4, 0.5) is 24.5 Å². The lowest BCUT2D eigenvalue weighted by molar-refractivity contribution is -0.137. The van der Waals surface area contributed by atoms with Crippen molar-refractivity contribution < 1.29 is 27.5 Å². The lowest BCUT2D eigenvalue weighted by Crippen LogP contribution is -2.17. The van der Waals surface area contributed by atoms with Gasteiger partial charge < -0.3 is 15.4 Å². The maximum Gasteiger partial charge on any atom is 0.416 e. The minimum absolute atomic E-state index is 0.0702. The van der Waals surface area contributed by atoms with E-state index in [1.807, 2.05) is 0 Å². The van der Waals surface area contributed by atoms with Gasteiger partial charge in [0.1, 0.15) is 6.61 Å². The smallest absolute Gasteiger partial charge is 0.375 e. The Bertz CT molecular complexity index is 1060. The molecule has 0 aliphatic rings. The first-order valence-electron chi connectivity index (χ1n) is 9.25. The van der Waals surface area contributed by atoms with Crippen LogP contribution in [0.3, 0.4) is 0 Å². The van der Waals surface area contributed by atoms with E-state index in [1.54, 1.807) is 48.5 Å². The van der Waals surface area contributed by atoms with Crippen LogP contribution < -0.4 is 10.6 Å². The standard InChI is InChI=1S/C23H19F3N2O3/c1-31-14-21(29)27-17-10-12-18(13-11-17)28-22(30)20-5-3-2-4-19(20)15-6-8-16(9-7-15)23(24,25)26/h2-13H,14H2,1H3,(H,27,29)(H,28,30). The summed E-state index contributed by atoms with van der Waals surface area (Å²) in [5, 5.41) is 5.40. The second kappa shape index (κ2) is 9.44. The molecule has 0 aromatic heterocycles. The van der Waals surface area contributed by atoms with E-state index in [1.165, 1.54) is 19.2 Å². The number of nitrogens with one attached hydrogen (secondary N) is 2. The molecule has 2 amide bonds. The molecular formula is C23H19F3N2O3. The lowest BCUT2D eigenvalue weighted by Gasteiger charge is -2.12. The molecule has 8 heteroatoms. The maximum atomic E-state index is 12.8. The minimum Gasteiger partial charge on any atom is -0.375 e. The van der Waals surface area contributed by atoms with E-state index >= 15 is 0 Å². The third-order valence-corrected chi connectivity index (χ3v) is 4.40. The van der Waals surface area contributed by atoms with E-state index in [-0.39, 0.29) is 12.5 Å². The van der Waals surface area contributed by atoms with Gasteiger partial charge in [-0.3, -0.25) is 9.59 Å². The zero-order chi connectivity index (χ0) is 22.4. The number of alkyl halides is 3. The van der Waals surface area contributed by atoms with Crippen LogP contribution in [0.2, 0.25) is 0 Å². The molecule has 0 saturated carbocycles. The fourth-order valence-electron chi connectivity index (χ4n) is 2.94. The molecule has 31 heavy (non-hydrogen) atoms. The van der Waals surface area contributed by atoms with Gasteiger partial charge in [0, 0.05) is 24.0 Å². The molecule has 2 N–H and O–H groups in total. The first-order valence-corrected chi connectivity index (χ1v) is 9.25. The van der Waals surface area contributed by atoms with Crippen LogP contribution >= 0.6 is 0 Å². The van der Waals surface area contributed by atoms with E-state index in [2.05, 4.69) is 10.6 Å². The van der Waals surface area contributed by atoms with Gasteiger partial charge in [0.25, 0.3) is 5.91 Å². The van der Waals surface area contributed by atoms with Crippen molar-refractivity contribution in [3.63, 3.8) is 0 Å². The van der Waals surface area contributed by atoms with E-state index < -0.39 is 17.6 Å². The molecule has 0 fully saturated rings. The largest absolute Gasteiger partial charge is 0.416 e. The van der Waals surface area contributed by atoms with Crippen molar-refractivity contribution in [3.05, 3.63) is 83.9 Å². The fraction of sp³-hybridized carbons (Fsp3) is 0.130. The second-order valence-corrected chi connectivity index (χ2v) is 6.63. The quantitative estimate of drug-likeness (QED) is 0.567. The average Bonchev–Trinajstić information content (AvgIpc) is 2.75. The van der Waals surface area contributed by atoms with Crippen LogP contribution in [0.15, 0.2) is 72.8 Å². The molecule has 160 valence electrons. The molecule has 3 aromatic carbocycles. The SMILES string of the molecule is COCC(=O)Nc1ccc(NC(=O)c2ccccc2-c2ccc(C(F)(F)F)cc2)cc1. The molecule has 0 aliphatic carbocycles. The monoisotopic (exact) mass is 428 g/mol. The highest BCUT2D eigenvalue weighted by Gasteiger charge is 2.30. The number of benzene rings is 3. The number of amides is 2. The van der Waals surface area contributed by atoms with Crippen LogP contribution in [0.5, 0.6) is 0 Å². The molecule has 5 nitrogen and oxygen atoms in total. The summed E-state index contributed by atoms with van der Waals surface area (Å²) in [6.07, 6.45) is -4.43. The van der Waals surface area contributed by atoms with Crippen molar-refractivity contribution >= 4 is 23.2 Å². The summed E-state index contributed by atoms with van der Waals surface area (Å²) in [5.74, 6) is -0.712. The number of methoxy groups -OCH3 is 1. The molecule has 0 radical (unpaired) electrons. The van der Waals surface area contributed by atoms with Gasteiger partial charge in [-0.25, -0.2) is 0 Å². The summed E-state index contributed by atoms with van der Waals surface area (Å²) in [5.41, 5.74) is 1.62. The molecule has 3 aromatic rings. The van der Waals surface area contributed by atoms with Gasteiger partial charge in [-0.2, -0.15) is 13.2 Å². The van der Waals surface area contributed by atoms with Gasteiger partial charge >= 0.3 is 6.18 Å². The van der Waals surface area contributed by atoms with Crippen LogP contribution in [0.25, 0.3) is 11.1 Å². The fourth-order valence-corrected chi connectivity index (χ4v) is 2.94. The predicted octanol–water partition coefficient (Wildman–Crippen LogP) is 5.21. The molecular weight excluding hydrogens is 409 g/mol. The lowest BCUT2D eigenvalue weighted by atomic mass is 9.98. The highest BCUT2D eigenvalue weighted by atomic mass is 19.4. The molecule has 0 atom stereocenters. The number of carbonyl (C=O) groups excluding carboxylic acids is 2. The predicted molar refractivity (Wildman–Crippen MR) is 112 cm³/mol. The summed E-state index contributed by atoms with van der Waals surface area (Å²) in [6.45, 7) is -0.0702. The zero-order valence-electron chi connectivity index (χ0n) is 16.5. The number of hydrogen-bond acceptors (Lipinski definition) is 3. The van der Waals surface area contributed by atoms with E-state index in [0.717, 1.165) is 12.1 Å². The average molecular weight is 428 g/mol. The van der Waals surface area contributed by atoms with Gasteiger partial charge in [-0.1, -0.05) is 30.3 Å². The Kier molecular flexibility index (Phi) is 6.71. The molecule has 3 rings (SSSR count). The Labute approximate surface area is 176 Å². The summed E-state index contributed by atoms with van der Waals surface area (Å²) in [4.78, 5) is 24.3. The van der Waals surface area contributed by atoms with Crippen LogP contribution in [0, 0.1) is 0 Å². The number of halogens is 3. The Morgan fingerprint density at radius 2 is 1.42 bits per heavy atom. The second-order valence-electron chi connectivity index (χ2n) is 6.63. The summed E-state index contributed by atoms with van der Waals surface area (Å²) >= 11 is 0. The van der Waals surface area contributed by atoms with Crippen molar-refractivity contribution in [2.45, 2.75) is 6.18 Å². The topological polar surface area (TPSA) is 67.4 Å². The summed E-state index contributed by atoms with van der Waals surface area (Å²) in [7, 11) is 1.42. The van der Waals surface area contributed by atoms with Crippen LogP contribution in [-0.4, -0.2) is 25.5 Å². The molecule has 0 spiro atoms. The van der Waals surface area contributed by atoms with Crippen molar-refractivity contribution in [2.75, 3.05) is 24.4 Å². The van der Waals surface area contributed by atoms with E-state index in [9.17, 15) is 22.8 Å². The van der Waals surface area contributed by atoms with Gasteiger partial charge in [-0.05, 0) is 53.6 Å². The molecule has 0 bridgehead atoms. The first-order chi connectivity index (χ1) is 14.8. The first kappa shape index (κ1) is 22.0. The molecule has 0 unspecified atom stereocenters. The summed E-state index contributed by atoms with van der Waals surface area (Å²) in [6, 6.07) is 17.8. The van der Waals surface area contributed by atoms with E-state index in [0.29, 0.717) is 28.1 Å². The Balaban J connectivity index is 1.77. The van der Waals surface area contributed by atoms with Crippen molar-refractivity contribution in [3.8, 4) is 11.1 Å². The highest BCUT2D eigenvalue weighted by Crippen LogP contribution is 2.32. The van der Waals surface area contributed by atoms with Crippen LogP contribution in [0.1, 0.15) is 15.9 Å². The molecule has 0 heterocycles. The zero-order valence-corrected chi connectivity index (χ0v) is 16.5. The third kappa shape index (κ3) is 5.70. The van der Waals surface area contributed by atoms with Gasteiger partial charge in [0.05, 0.1) is 5.56 Å². The number of ether oxygens (including phenoxy) is 1.